The number of hydrogen-bond acceptors (Lipinski definition) is 3. The summed E-state index contributed by atoms with van der Waals surface area (Å²) >= 11 is 0. The molecule has 1 N–H and O–H groups in total. The summed E-state index contributed by atoms with van der Waals surface area (Å²) < 4.78 is 5.33. The molecule has 1 rings (SSSR count). The molecular weight excluding hydrogens is 180 g/mol. The van der Waals surface area contributed by atoms with Crippen molar-refractivity contribution in [2.75, 3.05) is 6.61 Å². The van der Waals surface area contributed by atoms with E-state index >= 15 is 0 Å². The van der Waals surface area contributed by atoms with E-state index < -0.39 is 0 Å². The minimum atomic E-state index is 0.00388. The van der Waals surface area contributed by atoms with Gasteiger partial charge in [0.2, 0.25) is 0 Å². The van der Waals surface area contributed by atoms with Crippen LogP contribution >= 0.6 is 0 Å². The molecule has 3 heteroatoms. The van der Waals surface area contributed by atoms with Gasteiger partial charge in [0, 0.05) is 6.42 Å². The predicted octanol–water partition coefficient (Wildman–Crippen LogP) is 1.54. The number of benzene rings is 1. The van der Waals surface area contributed by atoms with E-state index in [9.17, 15) is 4.79 Å². The highest BCUT2D eigenvalue weighted by atomic mass is 16.5. The van der Waals surface area contributed by atoms with E-state index in [1.807, 2.05) is 12.1 Å². The number of carbonyl (C=O) groups excluding carboxylic acids is 1. The fourth-order valence-electron chi connectivity index (χ4n) is 1.05. The molecule has 76 valence electrons. The Morgan fingerprint density at radius 2 is 2.29 bits per heavy atom. The van der Waals surface area contributed by atoms with Crippen LogP contribution in [0.5, 0.6) is 5.75 Å². The zero-order valence-corrected chi connectivity index (χ0v) is 8.19. The monoisotopic (exact) mass is 194 g/mol. The van der Waals surface area contributed by atoms with E-state index in [1.54, 1.807) is 12.1 Å². The quantitative estimate of drug-likeness (QED) is 0.773. The van der Waals surface area contributed by atoms with Crippen LogP contribution in [0.2, 0.25) is 0 Å². The first kappa shape index (κ1) is 10.7. The number of carbonyl (C=O) groups is 1. The SMILES string of the molecule is CC(=O)CCOc1cccc(CO)c1. The van der Waals surface area contributed by atoms with Crippen molar-refractivity contribution in [3.8, 4) is 5.75 Å². The number of ether oxygens (including phenoxy) is 1. The normalized spacial score (nSPS) is 9.86. The van der Waals surface area contributed by atoms with Gasteiger partial charge in [0.15, 0.2) is 0 Å². The summed E-state index contributed by atoms with van der Waals surface area (Å²) in [6.07, 6.45) is 0.420. The maximum absolute atomic E-state index is 10.6. The summed E-state index contributed by atoms with van der Waals surface area (Å²) in [5, 5.41) is 8.87. The van der Waals surface area contributed by atoms with Gasteiger partial charge in [-0.2, -0.15) is 0 Å². The number of aliphatic hydroxyl groups excluding tert-OH is 1. The molecule has 0 saturated heterocycles. The number of Topliss-reactive ketones (excluding diaryl/α,β-unsaturated/α-hetero) is 1. The highest BCUT2D eigenvalue weighted by Crippen LogP contribution is 2.13. The standard InChI is InChI=1S/C11H14O3/c1-9(13)5-6-14-11-4-2-3-10(7-11)8-12/h2-4,7,12H,5-6,8H2,1H3. The van der Waals surface area contributed by atoms with Crippen LogP contribution in [-0.4, -0.2) is 17.5 Å². The Morgan fingerprint density at radius 1 is 1.50 bits per heavy atom. The van der Waals surface area contributed by atoms with Gasteiger partial charge in [-0.3, -0.25) is 4.79 Å². The van der Waals surface area contributed by atoms with Crippen molar-refractivity contribution >= 4 is 5.78 Å². The zero-order chi connectivity index (χ0) is 10.4. The molecule has 0 spiro atoms. The first-order chi connectivity index (χ1) is 6.72. The third-order valence-electron chi connectivity index (χ3n) is 1.80. The number of ketones is 1. The molecule has 0 heterocycles. The van der Waals surface area contributed by atoms with Crippen molar-refractivity contribution in [3.05, 3.63) is 29.8 Å². The van der Waals surface area contributed by atoms with Crippen LogP contribution in [0.4, 0.5) is 0 Å². The second kappa shape index (κ2) is 5.40. The van der Waals surface area contributed by atoms with Crippen molar-refractivity contribution < 1.29 is 14.6 Å². The van der Waals surface area contributed by atoms with E-state index in [1.165, 1.54) is 6.92 Å². The number of hydrogen-bond donors (Lipinski definition) is 1. The fourth-order valence-corrected chi connectivity index (χ4v) is 1.05. The van der Waals surface area contributed by atoms with Gasteiger partial charge in [0.25, 0.3) is 0 Å². The van der Waals surface area contributed by atoms with Gasteiger partial charge in [0.05, 0.1) is 13.2 Å². The molecule has 0 saturated carbocycles. The zero-order valence-electron chi connectivity index (χ0n) is 8.19. The molecule has 0 aromatic heterocycles. The highest BCUT2D eigenvalue weighted by Gasteiger charge is 1.97. The molecule has 0 fully saturated rings. The molecule has 0 bridgehead atoms. The topological polar surface area (TPSA) is 46.5 Å². The summed E-state index contributed by atoms with van der Waals surface area (Å²) in [6, 6.07) is 7.20. The van der Waals surface area contributed by atoms with Crippen molar-refractivity contribution in [2.45, 2.75) is 20.0 Å². The van der Waals surface area contributed by atoms with Gasteiger partial charge in [0.1, 0.15) is 11.5 Å². The minimum Gasteiger partial charge on any atom is -0.493 e. The Kier molecular flexibility index (Phi) is 4.13. The van der Waals surface area contributed by atoms with Gasteiger partial charge in [-0.25, -0.2) is 0 Å². The largest absolute Gasteiger partial charge is 0.493 e. The Balaban J connectivity index is 2.46. The van der Waals surface area contributed by atoms with Gasteiger partial charge >= 0.3 is 0 Å². The van der Waals surface area contributed by atoms with Crippen LogP contribution in [-0.2, 0) is 11.4 Å². The maximum atomic E-state index is 10.6. The van der Waals surface area contributed by atoms with E-state index in [4.69, 9.17) is 9.84 Å². The average molecular weight is 194 g/mol. The third kappa shape index (κ3) is 3.58. The summed E-state index contributed by atoms with van der Waals surface area (Å²) in [4.78, 5) is 10.6. The Hall–Kier alpha value is -1.35. The Morgan fingerprint density at radius 3 is 2.93 bits per heavy atom. The molecule has 1 aromatic rings. The summed E-state index contributed by atoms with van der Waals surface area (Å²) in [5.74, 6) is 0.807. The number of aliphatic hydroxyl groups is 1. The first-order valence-electron chi connectivity index (χ1n) is 4.54. The molecule has 14 heavy (non-hydrogen) atoms. The van der Waals surface area contributed by atoms with E-state index in [0.29, 0.717) is 18.8 Å². The van der Waals surface area contributed by atoms with Crippen LogP contribution < -0.4 is 4.74 Å². The molecule has 0 radical (unpaired) electrons. The van der Waals surface area contributed by atoms with Gasteiger partial charge in [-0.1, -0.05) is 12.1 Å². The van der Waals surface area contributed by atoms with E-state index in [-0.39, 0.29) is 12.4 Å². The van der Waals surface area contributed by atoms with E-state index in [2.05, 4.69) is 0 Å². The molecule has 0 aliphatic carbocycles. The lowest BCUT2D eigenvalue weighted by Gasteiger charge is -2.05. The summed E-state index contributed by atoms with van der Waals surface area (Å²) in [6.45, 7) is 1.93. The molecule has 0 atom stereocenters. The van der Waals surface area contributed by atoms with Crippen LogP contribution in [0, 0.1) is 0 Å². The lowest BCUT2D eigenvalue weighted by atomic mass is 10.2. The summed E-state index contributed by atoms with van der Waals surface area (Å²) in [7, 11) is 0. The molecule has 0 amide bonds. The lowest BCUT2D eigenvalue weighted by molar-refractivity contribution is -0.117. The van der Waals surface area contributed by atoms with Gasteiger partial charge < -0.3 is 9.84 Å². The van der Waals surface area contributed by atoms with Crippen molar-refractivity contribution in [3.63, 3.8) is 0 Å². The second-order valence-corrected chi connectivity index (χ2v) is 3.11. The first-order valence-corrected chi connectivity index (χ1v) is 4.54. The van der Waals surface area contributed by atoms with Crippen LogP contribution in [0.25, 0.3) is 0 Å². The Labute approximate surface area is 83.3 Å². The van der Waals surface area contributed by atoms with Crippen LogP contribution in [0.15, 0.2) is 24.3 Å². The lowest BCUT2D eigenvalue weighted by Crippen LogP contribution is -2.02. The van der Waals surface area contributed by atoms with Gasteiger partial charge in [-0.15, -0.1) is 0 Å². The maximum Gasteiger partial charge on any atom is 0.133 e. The van der Waals surface area contributed by atoms with Crippen molar-refractivity contribution in [1.29, 1.82) is 0 Å². The predicted molar refractivity (Wildman–Crippen MR) is 53.2 cm³/mol. The van der Waals surface area contributed by atoms with Crippen LogP contribution in [0.1, 0.15) is 18.9 Å². The molecule has 0 unspecified atom stereocenters. The molecular formula is C11H14O3. The second-order valence-electron chi connectivity index (χ2n) is 3.11. The van der Waals surface area contributed by atoms with Gasteiger partial charge in [-0.05, 0) is 24.6 Å². The minimum absolute atomic E-state index is 0.00388. The smallest absolute Gasteiger partial charge is 0.133 e. The molecule has 0 aliphatic heterocycles. The molecule has 3 nitrogen and oxygen atoms in total. The molecule has 0 aliphatic rings. The van der Waals surface area contributed by atoms with Crippen molar-refractivity contribution in [2.24, 2.45) is 0 Å². The Bertz CT molecular complexity index is 307. The average Bonchev–Trinajstić information content (AvgIpc) is 2.18. The fraction of sp³-hybridized carbons (Fsp3) is 0.364. The van der Waals surface area contributed by atoms with Crippen LogP contribution in [0.3, 0.4) is 0 Å². The number of rotatable bonds is 5. The highest BCUT2D eigenvalue weighted by molar-refractivity contribution is 5.75. The van der Waals surface area contributed by atoms with E-state index in [0.717, 1.165) is 5.56 Å². The van der Waals surface area contributed by atoms with Crippen molar-refractivity contribution in [1.82, 2.24) is 0 Å². The molecule has 1 aromatic carbocycles. The third-order valence-corrected chi connectivity index (χ3v) is 1.80. The summed E-state index contributed by atoms with van der Waals surface area (Å²) in [5.41, 5.74) is 0.810.